The molecule has 6 nitrogen and oxygen atoms in total. The van der Waals surface area contributed by atoms with Gasteiger partial charge in [-0.15, -0.1) is 6.42 Å². The van der Waals surface area contributed by atoms with Crippen molar-refractivity contribution in [1.82, 2.24) is 9.80 Å². The van der Waals surface area contributed by atoms with Crippen LogP contribution in [0, 0.1) is 12.3 Å². The summed E-state index contributed by atoms with van der Waals surface area (Å²) < 4.78 is 5.34. The highest BCUT2D eigenvalue weighted by atomic mass is 16.5. The second kappa shape index (κ2) is 7.64. The van der Waals surface area contributed by atoms with Crippen LogP contribution in [0.2, 0.25) is 0 Å². The van der Waals surface area contributed by atoms with E-state index in [4.69, 9.17) is 16.3 Å². The Morgan fingerprint density at radius 1 is 1.58 bits per heavy atom. The summed E-state index contributed by atoms with van der Waals surface area (Å²) in [4.78, 5) is 26.1. The zero-order valence-electron chi connectivity index (χ0n) is 11.2. The molecule has 1 saturated heterocycles. The number of hydrogen-bond donors (Lipinski definition) is 1. The van der Waals surface area contributed by atoms with E-state index >= 15 is 0 Å². The van der Waals surface area contributed by atoms with Gasteiger partial charge in [0.1, 0.15) is 0 Å². The maximum absolute atomic E-state index is 12.3. The number of carbonyl (C=O) groups excluding carboxylic acids is 1. The van der Waals surface area contributed by atoms with Crippen molar-refractivity contribution >= 4 is 12.0 Å². The van der Waals surface area contributed by atoms with Crippen LogP contribution in [0.3, 0.4) is 0 Å². The molecule has 19 heavy (non-hydrogen) atoms. The highest BCUT2D eigenvalue weighted by molar-refractivity contribution is 5.75. The smallest absolute Gasteiger partial charge is 0.320 e. The molecule has 0 aromatic rings. The summed E-state index contributed by atoms with van der Waals surface area (Å²) in [5.41, 5.74) is 0. The van der Waals surface area contributed by atoms with Crippen LogP contribution in [-0.4, -0.2) is 65.8 Å². The van der Waals surface area contributed by atoms with Gasteiger partial charge in [-0.05, 0) is 6.42 Å². The Morgan fingerprint density at radius 2 is 2.32 bits per heavy atom. The van der Waals surface area contributed by atoms with Crippen LogP contribution in [0.15, 0.2) is 0 Å². The lowest BCUT2D eigenvalue weighted by Gasteiger charge is -2.35. The van der Waals surface area contributed by atoms with Gasteiger partial charge in [0.15, 0.2) is 0 Å². The summed E-state index contributed by atoms with van der Waals surface area (Å²) in [5.74, 6) is 1.55. The third-order valence-electron chi connectivity index (χ3n) is 2.86. The van der Waals surface area contributed by atoms with E-state index in [1.54, 1.807) is 9.80 Å². The van der Waals surface area contributed by atoms with Gasteiger partial charge in [0.05, 0.1) is 25.7 Å². The molecule has 0 aromatic heterocycles. The summed E-state index contributed by atoms with van der Waals surface area (Å²) >= 11 is 0. The zero-order valence-corrected chi connectivity index (χ0v) is 11.2. The lowest BCUT2D eigenvalue weighted by Crippen LogP contribution is -2.51. The molecule has 1 N–H and O–H groups in total. The Morgan fingerprint density at radius 3 is 2.89 bits per heavy atom. The van der Waals surface area contributed by atoms with Gasteiger partial charge < -0.3 is 19.6 Å². The second-order valence-corrected chi connectivity index (χ2v) is 4.44. The molecule has 1 atom stereocenters. The van der Waals surface area contributed by atoms with Gasteiger partial charge in [0, 0.05) is 19.6 Å². The molecular weight excluding hydrogens is 248 g/mol. The number of nitrogens with zero attached hydrogens (tertiary/aromatic N) is 2. The van der Waals surface area contributed by atoms with E-state index in [2.05, 4.69) is 5.92 Å². The van der Waals surface area contributed by atoms with Crippen molar-refractivity contribution in [2.45, 2.75) is 25.9 Å². The number of carboxylic acids is 1. The number of ether oxygens (including phenoxy) is 1. The fourth-order valence-electron chi connectivity index (χ4n) is 2.03. The van der Waals surface area contributed by atoms with Gasteiger partial charge in [-0.1, -0.05) is 12.8 Å². The summed E-state index contributed by atoms with van der Waals surface area (Å²) in [7, 11) is 0. The van der Waals surface area contributed by atoms with Gasteiger partial charge in [0.25, 0.3) is 0 Å². The van der Waals surface area contributed by atoms with Crippen LogP contribution in [-0.2, 0) is 9.53 Å². The minimum atomic E-state index is -0.923. The average Bonchev–Trinajstić information content (AvgIpc) is 2.37. The molecule has 1 heterocycles. The maximum Gasteiger partial charge on any atom is 0.320 e. The summed E-state index contributed by atoms with van der Waals surface area (Å²) in [6, 6.07) is -0.140. The van der Waals surface area contributed by atoms with Crippen molar-refractivity contribution in [2.75, 3.05) is 32.8 Å². The first-order chi connectivity index (χ1) is 9.08. The predicted octanol–water partition coefficient (Wildman–Crippen LogP) is 0.627. The monoisotopic (exact) mass is 268 g/mol. The lowest BCUT2D eigenvalue weighted by atomic mass is 10.2. The zero-order chi connectivity index (χ0) is 14.3. The highest BCUT2D eigenvalue weighted by Gasteiger charge is 2.28. The average molecular weight is 268 g/mol. The third kappa shape index (κ3) is 4.79. The molecule has 1 aliphatic heterocycles. The molecule has 0 radical (unpaired) electrons. The Balaban J connectivity index is 2.59. The fourth-order valence-corrected chi connectivity index (χ4v) is 2.03. The minimum Gasteiger partial charge on any atom is -0.481 e. The summed E-state index contributed by atoms with van der Waals surface area (Å²) in [6.45, 7) is 3.98. The van der Waals surface area contributed by atoms with Crippen molar-refractivity contribution in [2.24, 2.45) is 0 Å². The number of carboxylic acid groups (broad SMARTS) is 1. The summed E-state index contributed by atoms with van der Waals surface area (Å²) in [6.07, 6.45) is 5.55. The number of amides is 2. The highest BCUT2D eigenvalue weighted by Crippen LogP contribution is 2.11. The van der Waals surface area contributed by atoms with Crippen LogP contribution in [0.4, 0.5) is 4.79 Å². The molecule has 1 unspecified atom stereocenters. The lowest BCUT2D eigenvalue weighted by molar-refractivity contribution is -0.141. The van der Waals surface area contributed by atoms with E-state index in [0.717, 1.165) is 6.42 Å². The molecule has 0 saturated carbocycles. The first-order valence-electron chi connectivity index (χ1n) is 6.39. The standard InChI is InChI=1S/C13H20N2O4/c1-3-5-14(6-4-2)13(18)15-7-8-19-11(10-15)9-12(16)17/h1,11H,4-10H2,2H3,(H,16,17). The van der Waals surface area contributed by atoms with Crippen LogP contribution >= 0.6 is 0 Å². The molecule has 106 valence electrons. The first-order valence-corrected chi connectivity index (χ1v) is 6.39. The van der Waals surface area contributed by atoms with E-state index in [-0.39, 0.29) is 19.0 Å². The van der Waals surface area contributed by atoms with Gasteiger partial charge in [0.2, 0.25) is 0 Å². The molecule has 0 spiro atoms. The molecule has 6 heteroatoms. The van der Waals surface area contributed by atoms with Crippen LogP contribution in [0.5, 0.6) is 0 Å². The van der Waals surface area contributed by atoms with Crippen molar-refractivity contribution in [3.63, 3.8) is 0 Å². The van der Waals surface area contributed by atoms with E-state index in [1.807, 2.05) is 6.92 Å². The minimum absolute atomic E-state index is 0.0906. The quantitative estimate of drug-likeness (QED) is 0.742. The molecule has 0 aliphatic carbocycles. The van der Waals surface area contributed by atoms with Crippen LogP contribution in [0.25, 0.3) is 0 Å². The number of morpholine rings is 1. The number of aliphatic carboxylic acids is 1. The van der Waals surface area contributed by atoms with Crippen LogP contribution in [0.1, 0.15) is 19.8 Å². The third-order valence-corrected chi connectivity index (χ3v) is 2.86. The Hall–Kier alpha value is -1.74. The van der Waals surface area contributed by atoms with Gasteiger partial charge in [-0.2, -0.15) is 0 Å². The number of hydrogen-bond acceptors (Lipinski definition) is 3. The molecule has 0 bridgehead atoms. The number of urea groups is 1. The van der Waals surface area contributed by atoms with E-state index in [9.17, 15) is 9.59 Å². The Kier molecular flexibility index (Phi) is 6.16. The topological polar surface area (TPSA) is 70.1 Å². The fraction of sp³-hybridized carbons (Fsp3) is 0.692. The van der Waals surface area contributed by atoms with Gasteiger partial charge >= 0.3 is 12.0 Å². The first kappa shape index (κ1) is 15.3. The number of terminal acetylenes is 1. The Labute approximate surface area is 113 Å². The predicted molar refractivity (Wildman–Crippen MR) is 69.7 cm³/mol. The van der Waals surface area contributed by atoms with Crippen molar-refractivity contribution in [1.29, 1.82) is 0 Å². The number of rotatable bonds is 5. The van der Waals surface area contributed by atoms with E-state index < -0.39 is 12.1 Å². The SMILES string of the molecule is C#CCN(CCC)C(=O)N1CCOC(CC(=O)O)C1. The summed E-state index contributed by atoms with van der Waals surface area (Å²) in [5, 5.41) is 8.75. The number of carbonyl (C=O) groups is 2. The normalized spacial score (nSPS) is 18.7. The Bertz CT molecular complexity index is 364. The van der Waals surface area contributed by atoms with E-state index in [0.29, 0.717) is 26.2 Å². The largest absolute Gasteiger partial charge is 0.481 e. The molecular formula is C13H20N2O4. The molecule has 2 amide bonds. The molecule has 1 fully saturated rings. The van der Waals surface area contributed by atoms with Gasteiger partial charge in [-0.25, -0.2) is 4.79 Å². The van der Waals surface area contributed by atoms with Crippen molar-refractivity contribution in [3.05, 3.63) is 0 Å². The molecule has 0 aromatic carbocycles. The van der Waals surface area contributed by atoms with Crippen molar-refractivity contribution in [3.8, 4) is 12.3 Å². The van der Waals surface area contributed by atoms with Crippen molar-refractivity contribution < 1.29 is 19.4 Å². The van der Waals surface area contributed by atoms with E-state index in [1.165, 1.54) is 0 Å². The molecule has 1 aliphatic rings. The van der Waals surface area contributed by atoms with Gasteiger partial charge in [-0.3, -0.25) is 4.79 Å². The second-order valence-electron chi connectivity index (χ2n) is 4.44. The van der Waals surface area contributed by atoms with Crippen LogP contribution < -0.4 is 0 Å². The maximum atomic E-state index is 12.3. The molecule has 1 rings (SSSR count).